The van der Waals surface area contributed by atoms with Gasteiger partial charge in [-0.1, -0.05) is 30.3 Å². The smallest absolute Gasteiger partial charge is 0.306 e. The van der Waals surface area contributed by atoms with Crippen molar-refractivity contribution in [1.82, 2.24) is 5.32 Å². The SMILES string of the molecule is COC(=O)CCC(=O)N/C(=C/c1ccccc1)c1ccc(F)cc1. The molecule has 0 saturated carbocycles. The van der Waals surface area contributed by atoms with Gasteiger partial charge in [0.1, 0.15) is 5.82 Å². The number of hydrogen-bond acceptors (Lipinski definition) is 3. The fourth-order valence-electron chi connectivity index (χ4n) is 2.07. The van der Waals surface area contributed by atoms with Gasteiger partial charge in [-0.05, 0) is 41.5 Å². The number of halogens is 1. The van der Waals surface area contributed by atoms with Crippen LogP contribution in [0.2, 0.25) is 0 Å². The average molecular weight is 327 g/mol. The molecule has 1 N–H and O–H groups in total. The number of nitrogens with one attached hydrogen (secondary N) is 1. The quantitative estimate of drug-likeness (QED) is 0.653. The summed E-state index contributed by atoms with van der Waals surface area (Å²) in [4.78, 5) is 23.2. The highest BCUT2D eigenvalue weighted by atomic mass is 19.1. The van der Waals surface area contributed by atoms with Crippen LogP contribution in [0.5, 0.6) is 0 Å². The zero-order valence-corrected chi connectivity index (χ0v) is 13.3. The van der Waals surface area contributed by atoms with E-state index in [9.17, 15) is 14.0 Å². The minimum atomic E-state index is -0.444. The third kappa shape index (κ3) is 5.35. The van der Waals surface area contributed by atoms with Gasteiger partial charge in [0.25, 0.3) is 0 Å². The lowest BCUT2D eigenvalue weighted by atomic mass is 10.1. The van der Waals surface area contributed by atoms with E-state index in [-0.39, 0.29) is 24.6 Å². The van der Waals surface area contributed by atoms with Crippen LogP contribution in [0.4, 0.5) is 4.39 Å². The first-order valence-electron chi connectivity index (χ1n) is 7.48. The van der Waals surface area contributed by atoms with Crippen LogP contribution in [0.15, 0.2) is 54.6 Å². The predicted molar refractivity (Wildman–Crippen MR) is 90.1 cm³/mol. The number of carbonyl (C=O) groups excluding carboxylic acids is 2. The van der Waals surface area contributed by atoms with E-state index in [1.165, 1.54) is 19.2 Å². The van der Waals surface area contributed by atoms with E-state index in [1.807, 2.05) is 30.3 Å². The van der Waals surface area contributed by atoms with Gasteiger partial charge in [-0.15, -0.1) is 0 Å². The molecule has 4 nitrogen and oxygen atoms in total. The van der Waals surface area contributed by atoms with Crippen molar-refractivity contribution in [3.8, 4) is 0 Å². The lowest BCUT2D eigenvalue weighted by Gasteiger charge is -2.11. The van der Waals surface area contributed by atoms with E-state index in [0.717, 1.165) is 5.56 Å². The van der Waals surface area contributed by atoms with Gasteiger partial charge in [0.15, 0.2) is 0 Å². The standard InChI is InChI=1S/C19H18FNO3/c1-24-19(23)12-11-18(22)21-17(13-14-5-3-2-4-6-14)15-7-9-16(20)10-8-15/h2-10,13H,11-12H2,1H3,(H,21,22)/b17-13+. The van der Waals surface area contributed by atoms with Gasteiger partial charge >= 0.3 is 5.97 Å². The van der Waals surface area contributed by atoms with E-state index in [2.05, 4.69) is 10.1 Å². The summed E-state index contributed by atoms with van der Waals surface area (Å²) in [5.41, 5.74) is 2.10. The van der Waals surface area contributed by atoms with Gasteiger partial charge in [-0.3, -0.25) is 9.59 Å². The van der Waals surface area contributed by atoms with Crippen molar-refractivity contribution in [3.05, 3.63) is 71.5 Å². The van der Waals surface area contributed by atoms with Crippen LogP contribution < -0.4 is 5.32 Å². The average Bonchev–Trinajstić information content (AvgIpc) is 2.60. The van der Waals surface area contributed by atoms with Gasteiger partial charge in [0.2, 0.25) is 5.91 Å². The molecule has 2 aromatic carbocycles. The summed E-state index contributed by atoms with van der Waals surface area (Å²) in [5.74, 6) is -1.11. The first-order valence-corrected chi connectivity index (χ1v) is 7.48. The van der Waals surface area contributed by atoms with Crippen molar-refractivity contribution in [1.29, 1.82) is 0 Å². The monoisotopic (exact) mass is 327 g/mol. The molecular formula is C19H18FNO3. The Morgan fingerprint density at radius 1 is 1.04 bits per heavy atom. The number of amides is 1. The Balaban J connectivity index is 2.20. The van der Waals surface area contributed by atoms with Gasteiger partial charge in [-0.25, -0.2) is 4.39 Å². The summed E-state index contributed by atoms with van der Waals surface area (Å²) in [6.45, 7) is 0. The molecule has 0 spiro atoms. The van der Waals surface area contributed by atoms with Crippen LogP contribution in [0.3, 0.4) is 0 Å². The minimum Gasteiger partial charge on any atom is -0.469 e. The summed E-state index contributed by atoms with van der Waals surface area (Å²) in [5, 5.41) is 2.77. The Kier molecular flexibility index (Phi) is 6.25. The third-order valence-corrected chi connectivity index (χ3v) is 3.32. The second kappa shape index (κ2) is 8.62. The highest BCUT2D eigenvalue weighted by molar-refractivity contribution is 5.93. The maximum atomic E-state index is 13.1. The molecule has 0 aromatic heterocycles. The topological polar surface area (TPSA) is 55.4 Å². The summed E-state index contributed by atoms with van der Waals surface area (Å²) in [7, 11) is 1.28. The van der Waals surface area contributed by atoms with Crippen LogP contribution in [0, 0.1) is 5.82 Å². The fourth-order valence-corrected chi connectivity index (χ4v) is 2.07. The van der Waals surface area contributed by atoms with E-state index in [4.69, 9.17) is 0 Å². The van der Waals surface area contributed by atoms with E-state index in [1.54, 1.807) is 18.2 Å². The largest absolute Gasteiger partial charge is 0.469 e. The molecule has 0 atom stereocenters. The Morgan fingerprint density at radius 3 is 2.33 bits per heavy atom. The fraction of sp³-hybridized carbons (Fsp3) is 0.158. The molecule has 124 valence electrons. The summed E-state index contributed by atoms with van der Waals surface area (Å²) in [6.07, 6.45) is 1.81. The molecule has 0 saturated heterocycles. The van der Waals surface area contributed by atoms with E-state index >= 15 is 0 Å². The van der Waals surface area contributed by atoms with Gasteiger partial charge < -0.3 is 10.1 Å². The molecule has 0 unspecified atom stereocenters. The number of benzene rings is 2. The summed E-state index contributed by atoms with van der Waals surface area (Å²) in [6, 6.07) is 15.3. The van der Waals surface area contributed by atoms with E-state index < -0.39 is 5.97 Å². The van der Waals surface area contributed by atoms with Crippen LogP contribution >= 0.6 is 0 Å². The molecule has 0 radical (unpaired) electrons. The van der Waals surface area contributed by atoms with Crippen LogP contribution in [0.1, 0.15) is 24.0 Å². The molecule has 0 heterocycles. The number of ether oxygens (including phenoxy) is 1. The van der Waals surface area contributed by atoms with Crippen molar-refractivity contribution >= 4 is 23.6 Å². The maximum absolute atomic E-state index is 13.1. The lowest BCUT2D eigenvalue weighted by molar-refractivity contribution is -0.142. The normalized spacial score (nSPS) is 11.0. The molecule has 0 aliphatic rings. The van der Waals surface area contributed by atoms with Gasteiger partial charge in [0, 0.05) is 12.1 Å². The lowest BCUT2D eigenvalue weighted by Crippen LogP contribution is -2.22. The molecular weight excluding hydrogens is 309 g/mol. The molecule has 2 aromatic rings. The molecule has 0 bridgehead atoms. The van der Waals surface area contributed by atoms with Crippen molar-refractivity contribution in [2.75, 3.05) is 7.11 Å². The Morgan fingerprint density at radius 2 is 1.71 bits per heavy atom. The second-order valence-electron chi connectivity index (χ2n) is 5.10. The Hall–Kier alpha value is -2.95. The first kappa shape index (κ1) is 17.4. The van der Waals surface area contributed by atoms with Gasteiger partial charge in [0.05, 0.1) is 13.5 Å². The minimum absolute atomic E-state index is 0.00433. The Labute approximate surface area is 140 Å². The molecule has 24 heavy (non-hydrogen) atoms. The molecule has 0 aliphatic carbocycles. The number of carbonyl (C=O) groups is 2. The van der Waals surface area contributed by atoms with Crippen molar-refractivity contribution in [2.45, 2.75) is 12.8 Å². The van der Waals surface area contributed by atoms with Crippen molar-refractivity contribution < 1.29 is 18.7 Å². The van der Waals surface area contributed by atoms with Crippen LogP contribution in [-0.2, 0) is 14.3 Å². The number of esters is 1. The molecule has 1 amide bonds. The van der Waals surface area contributed by atoms with Crippen LogP contribution in [0.25, 0.3) is 11.8 Å². The first-order chi connectivity index (χ1) is 11.6. The molecule has 2 rings (SSSR count). The summed E-state index contributed by atoms with van der Waals surface area (Å²) >= 11 is 0. The molecule has 5 heteroatoms. The molecule has 0 fully saturated rings. The van der Waals surface area contributed by atoms with E-state index in [0.29, 0.717) is 11.3 Å². The maximum Gasteiger partial charge on any atom is 0.306 e. The predicted octanol–water partition coefficient (Wildman–Crippen LogP) is 3.39. The number of rotatable bonds is 6. The van der Waals surface area contributed by atoms with Crippen LogP contribution in [-0.4, -0.2) is 19.0 Å². The Bertz CT molecular complexity index is 724. The van der Waals surface area contributed by atoms with Crippen molar-refractivity contribution in [3.63, 3.8) is 0 Å². The number of hydrogen-bond donors (Lipinski definition) is 1. The molecule has 0 aliphatic heterocycles. The zero-order chi connectivity index (χ0) is 17.4. The third-order valence-electron chi connectivity index (χ3n) is 3.32. The highest BCUT2D eigenvalue weighted by Crippen LogP contribution is 2.17. The second-order valence-corrected chi connectivity index (χ2v) is 5.10. The number of methoxy groups -OCH3 is 1. The van der Waals surface area contributed by atoms with Gasteiger partial charge in [-0.2, -0.15) is 0 Å². The highest BCUT2D eigenvalue weighted by Gasteiger charge is 2.10. The van der Waals surface area contributed by atoms with Crippen molar-refractivity contribution in [2.24, 2.45) is 0 Å². The summed E-state index contributed by atoms with van der Waals surface area (Å²) < 4.78 is 17.7. The zero-order valence-electron chi connectivity index (χ0n) is 13.3.